The maximum Gasteiger partial charge on any atom is 0.397 e. The molecule has 3 aliphatic rings. The number of ether oxygens (including phenoxy) is 1. The fourth-order valence-corrected chi connectivity index (χ4v) is 5.20. The third kappa shape index (κ3) is 5.01. The smallest absolute Gasteiger partial charge is 0.397 e. The highest BCUT2D eigenvalue weighted by Gasteiger charge is 2.63. The first kappa shape index (κ1) is 23.5. The van der Waals surface area contributed by atoms with Gasteiger partial charge < -0.3 is 4.74 Å². The minimum atomic E-state index is -4.79. The zero-order valence-corrected chi connectivity index (χ0v) is 17.7. The average Bonchev–Trinajstić information content (AvgIpc) is 2.69. The molecular formula is C23H32F6O. The van der Waals surface area contributed by atoms with Crippen LogP contribution in [0.15, 0.2) is 23.5 Å². The largest absolute Gasteiger partial charge is 0.430 e. The fraction of sp³-hybridized carbons (Fsp3) is 0.826. The summed E-state index contributed by atoms with van der Waals surface area (Å²) in [5.74, 6) is -8.70. The number of rotatable bonds is 6. The molecule has 30 heavy (non-hydrogen) atoms. The molecule has 0 saturated heterocycles. The van der Waals surface area contributed by atoms with E-state index in [1.165, 1.54) is 25.7 Å². The maximum absolute atomic E-state index is 14.2. The second-order valence-electron chi connectivity index (χ2n) is 9.61. The van der Waals surface area contributed by atoms with Crippen LogP contribution in [-0.4, -0.2) is 18.0 Å². The van der Waals surface area contributed by atoms with Crippen LogP contribution >= 0.6 is 0 Å². The third-order valence-electron chi connectivity index (χ3n) is 7.41. The zero-order chi connectivity index (χ0) is 22.2. The minimum Gasteiger partial charge on any atom is -0.430 e. The summed E-state index contributed by atoms with van der Waals surface area (Å²) in [6.45, 7) is 3.12. The Morgan fingerprint density at radius 2 is 1.40 bits per heavy atom. The zero-order valence-electron chi connectivity index (χ0n) is 17.7. The molecule has 0 amide bonds. The summed E-state index contributed by atoms with van der Waals surface area (Å²) in [6, 6.07) is 0. The topological polar surface area (TPSA) is 9.23 Å². The Hall–Kier alpha value is -1.14. The van der Waals surface area contributed by atoms with Crippen LogP contribution in [0.5, 0.6) is 0 Å². The molecule has 3 aliphatic carbocycles. The minimum absolute atomic E-state index is 0.0997. The van der Waals surface area contributed by atoms with Crippen molar-refractivity contribution in [1.29, 1.82) is 0 Å². The van der Waals surface area contributed by atoms with Gasteiger partial charge in [-0.2, -0.15) is 26.3 Å². The molecule has 0 aromatic heterocycles. The Morgan fingerprint density at radius 3 is 1.97 bits per heavy atom. The van der Waals surface area contributed by atoms with Gasteiger partial charge in [-0.25, -0.2) is 0 Å². The van der Waals surface area contributed by atoms with E-state index in [0.29, 0.717) is 18.1 Å². The number of alkyl halides is 6. The Bertz CT molecular complexity index is 653. The van der Waals surface area contributed by atoms with Crippen molar-refractivity contribution in [3.05, 3.63) is 23.5 Å². The quantitative estimate of drug-likeness (QED) is 0.381. The van der Waals surface area contributed by atoms with Gasteiger partial charge in [-0.3, -0.25) is 0 Å². The summed E-state index contributed by atoms with van der Waals surface area (Å²) in [5, 5.41) is 0. The van der Waals surface area contributed by atoms with Crippen LogP contribution in [0.1, 0.15) is 78.1 Å². The van der Waals surface area contributed by atoms with E-state index in [2.05, 4.69) is 11.7 Å². The molecule has 0 spiro atoms. The summed E-state index contributed by atoms with van der Waals surface area (Å²) < 4.78 is 87.9. The number of halogens is 6. The Labute approximate surface area is 174 Å². The standard InChI is InChI=1S/C23H32F6O/c1-15-3-8-18(9-4-15)19-10-6-17(7-11-19)13-14-21(24,25)30-20-12-5-16(2)22(26,27)23(20,28)29/h5,12,15,17-19H,3-4,6-11,13-14H2,1-2H3. The third-order valence-corrected chi connectivity index (χ3v) is 7.41. The van der Waals surface area contributed by atoms with Crippen LogP contribution in [0.2, 0.25) is 0 Å². The first-order valence-corrected chi connectivity index (χ1v) is 11.1. The second kappa shape index (κ2) is 8.78. The molecule has 1 nitrogen and oxygen atoms in total. The number of hydrogen-bond acceptors (Lipinski definition) is 1. The first-order chi connectivity index (χ1) is 13.9. The number of allylic oxidation sites excluding steroid dienone is 4. The lowest BCUT2D eigenvalue weighted by molar-refractivity contribution is -0.263. The Balaban J connectivity index is 1.48. The van der Waals surface area contributed by atoms with E-state index in [-0.39, 0.29) is 12.3 Å². The van der Waals surface area contributed by atoms with Gasteiger partial charge in [0.2, 0.25) is 0 Å². The summed E-state index contributed by atoms with van der Waals surface area (Å²) in [5.41, 5.74) is -0.882. The molecule has 0 N–H and O–H groups in total. The van der Waals surface area contributed by atoms with Crippen molar-refractivity contribution in [3.8, 4) is 0 Å². The average molecular weight is 438 g/mol. The molecule has 172 valence electrons. The molecule has 0 bridgehead atoms. The van der Waals surface area contributed by atoms with Crippen LogP contribution in [0, 0.1) is 23.7 Å². The molecule has 0 aromatic carbocycles. The summed E-state index contributed by atoms with van der Waals surface area (Å²) in [4.78, 5) is 0. The maximum atomic E-state index is 14.2. The van der Waals surface area contributed by atoms with Gasteiger partial charge in [0.1, 0.15) is 0 Å². The van der Waals surface area contributed by atoms with Gasteiger partial charge in [-0.1, -0.05) is 38.7 Å². The van der Waals surface area contributed by atoms with E-state index in [1.807, 2.05) is 0 Å². The Morgan fingerprint density at radius 1 is 0.867 bits per heavy atom. The highest BCUT2D eigenvalue weighted by Crippen LogP contribution is 2.49. The van der Waals surface area contributed by atoms with E-state index in [0.717, 1.165) is 44.4 Å². The van der Waals surface area contributed by atoms with E-state index in [1.54, 1.807) is 0 Å². The van der Waals surface area contributed by atoms with Crippen molar-refractivity contribution in [3.63, 3.8) is 0 Å². The molecule has 0 atom stereocenters. The SMILES string of the molecule is CC1=CC=C(OC(F)(F)CCC2CCC(C3CCC(C)CC3)CC2)C(F)(F)C1(F)F. The summed E-state index contributed by atoms with van der Waals surface area (Å²) >= 11 is 0. The van der Waals surface area contributed by atoms with Crippen LogP contribution < -0.4 is 0 Å². The van der Waals surface area contributed by atoms with Gasteiger partial charge in [0.05, 0.1) is 6.42 Å². The molecule has 0 aromatic rings. The molecule has 2 saturated carbocycles. The Kier molecular flexibility index (Phi) is 6.88. The highest BCUT2D eigenvalue weighted by molar-refractivity contribution is 5.34. The molecule has 3 rings (SSSR count). The summed E-state index contributed by atoms with van der Waals surface area (Å²) in [6.07, 6.45) is 5.52. The van der Waals surface area contributed by atoms with Crippen LogP contribution in [-0.2, 0) is 4.74 Å². The molecule has 0 unspecified atom stereocenters. The van der Waals surface area contributed by atoms with Gasteiger partial charge in [-0.15, -0.1) is 0 Å². The lowest BCUT2D eigenvalue weighted by atomic mass is 9.69. The van der Waals surface area contributed by atoms with E-state index in [9.17, 15) is 26.3 Å². The normalized spacial score (nSPS) is 34.1. The van der Waals surface area contributed by atoms with Gasteiger partial charge in [-0.05, 0) is 68.8 Å². The van der Waals surface area contributed by atoms with Crippen LogP contribution in [0.25, 0.3) is 0 Å². The predicted octanol–water partition coefficient (Wildman–Crippen LogP) is 8.12. The summed E-state index contributed by atoms with van der Waals surface area (Å²) in [7, 11) is 0. The lowest BCUT2D eigenvalue weighted by Crippen LogP contribution is -2.46. The van der Waals surface area contributed by atoms with Crippen molar-refractivity contribution >= 4 is 0 Å². The van der Waals surface area contributed by atoms with Crippen molar-refractivity contribution in [2.24, 2.45) is 23.7 Å². The molecule has 0 aliphatic heterocycles. The van der Waals surface area contributed by atoms with Crippen molar-refractivity contribution in [1.82, 2.24) is 0 Å². The fourth-order valence-electron chi connectivity index (χ4n) is 5.20. The van der Waals surface area contributed by atoms with E-state index >= 15 is 0 Å². The van der Waals surface area contributed by atoms with Gasteiger partial charge in [0.25, 0.3) is 0 Å². The molecular weight excluding hydrogens is 406 g/mol. The lowest BCUT2D eigenvalue weighted by Gasteiger charge is -2.37. The second-order valence-corrected chi connectivity index (χ2v) is 9.61. The van der Waals surface area contributed by atoms with Crippen molar-refractivity contribution in [2.45, 2.75) is 96.0 Å². The first-order valence-electron chi connectivity index (χ1n) is 11.1. The van der Waals surface area contributed by atoms with Crippen LogP contribution in [0.3, 0.4) is 0 Å². The molecule has 0 radical (unpaired) electrons. The monoisotopic (exact) mass is 438 g/mol. The molecule has 7 heteroatoms. The van der Waals surface area contributed by atoms with Gasteiger partial charge >= 0.3 is 18.0 Å². The van der Waals surface area contributed by atoms with E-state index < -0.39 is 35.7 Å². The highest BCUT2D eigenvalue weighted by atomic mass is 19.3. The predicted molar refractivity (Wildman–Crippen MR) is 104 cm³/mol. The van der Waals surface area contributed by atoms with Crippen molar-refractivity contribution in [2.75, 3.05) is 0 Å². The van der Waals surface area contributed by atoms with Crippen LogP contribution in [0.4, 0.5) is 26.3 Å². The molecule has 0 heterocycles. The van der Waals surface area contributed by atoms with Gasteiger partial charge in [0.15, 0.2) is 5.76 Å². The van der Waals surface area contributed by atoms with Gasteiger partial charge in [0, 0.05) is 5.57 Å². The number of hydrogen-bond donors (Lipinski definition) is 0. The van der Waals surface area contributed by atoms with Crippen molar-refractivity contribution < 1.29 is 31.1 Å². The van der Waals surface area contributed by atoms with E-state index in [4.69, 9.17) is 0 Å². The molecule has 2 fully saturated rings.